The standard InChI is InChI=1S/2C7H15N.C6H13N.2C5H11N.2C5H10O.C5H8.C4H9N.C4H8O2S.C4H8O.C3H7N.C3H6O.C3H6/c2*1-7(2)8-5-3-4-6-8;1-7-5-3-2-4-6-7;1-6-4-2-3-5-6;2*1-2-4-6-5-3-1;6-5-3-1-2-4-5;1-4-2-5(1)3-4;1-2-4-5-3-1;5-7(6)3-1-2-4-7;1-2-4-5-3-1;4-3-1-2-3;1-2-4-3-1;1-2-3-1/h2*7H,3-6H2,1-2H3;2-6H2,1H3;2-5H2,1H3;6H,1-5H2;1-5H2;5-6H,1-4H2;4-5H,1-3H2;5H,1-4H2;1-4H2;1-4H2;3H,1-2,4H2;1-3H2;1-3H2. The van der Waals surface area contributed by atoms with Crippen LogP contribution in [0.5, 0.6) is 0 Å². The molecule has 13 nitrogen and oxygen atoms in total. The van der Waals surface area contributed by atoms with E-state index in [1.165, 1.54) is 264 Å². The van der Waals surface area contributed by atoms with E-state index >= 15 is 0 Å². The van der Waals surface area contributed by atoms with Crippen molar-refractivity contribution >= 4 is 9.84 Å². The van der Waals surface area contributed by atoms with Crippen molar-refractivity contribution in [1.82, 2.24) is 30.2 Å². The second-order valence-corrected chi connectivity index (χ2v) is 28.2. The molecule has 14 heteroatoms. The van der Waals surface area contributed by atoms with E-state index in [0.29, 0.717) is 17.5 Å². The molecule has 0 aromatic rings. The summed E-state index contributed by atoms with van der Waals surface area (Å²) in [7, 11) is 1.82. The highest BCUT2D eigenvalue weighted by atomic mass is 32.2. The van der Waals surface area contributed by atoms with Gasteiger partial charge in [-0.15, -0.1) is 0 Å². The molecule has 0 unspecified atom stereocenters. The maximum Gasteiger partial charge on any atom is 0.150 e. The van der Waals surface area contributed by atoms with Crippen molar-refractivity contribution in [3.63, 3.8) is 0 Å². The van der Waals surface area contributed by atoms with Crippen LogP contribution in [0.2, 0.25) is 0 Å². The van der Waals surface area contributed by atoms with E-state index in [4.69, 9.17) is 25.1 Å². The van der Waals surface area contributed by atoms with Crippen molar-refractivity contribution in [2.24, 2.45) is 17.6 Å². The lowest BCUT2D eigenvalue weighted by atomic mass is 9.56. The first-order valence-electron chi connectivity index (χ1n) is 34.5. The normalized spacial score (nSPS) is 26.7. The molecule has 0 aromatic carbocycles. The Balaban J connectivity index is 0.000000296. The Morgan fingerprint density at radius 1 is 0.400 bits per heavy atom. The summed E-state index contributed by atoms with van der Waals surface area (Å²) in [5.41, 5.74) is 5.22. The van der Waals surface area contributed by atoms with Crippen molar-refractivity contribution in [2.45, 2.75) is 270 Å². The van der Waals surface area contributed by atoms with Crippen LogP contribution in [0.25, 0.3) is 0 Å². The zero-order valence-corrected chi connectivity index (χ0v) is 54.7. The van der Waals surface area contributed by atoms with Gasteiger partial charge in [-0.25, -0.2) is 8.42 Å². The molecular formula is C66H137N7O6S. The average Bonchev–Trinajstić information content (AvgIpc) is 4.06. The molecule has 6 aliphatic carbocycles. The molecular weight excluding hydrogens is 1020 g/mol. The molecule has 10 saturated heterocycles. The number of aliphatic hydroxyl groups is 1. The van der Waals surface area contributed by atoms with Crippen LogP contribution in [0.15, 0.2) is 0 Å². The summed E-state index contributed by atoms with van der Waals surface area (Å²) in [5, 5.41) is 15.2. The van der Waals surface area contributed by atoms with Gasteiger partial charge in [0.05, 0.1) is 17.6 Å². The van der Waals surface area contributed by atoms with E-state index in [2.05, 4.69) is 72.0 Å². The molecule has 10 aliphatic heterocycles. The van der Waals surface area contributed by atoms with E-state index in [9.17, 15) is 8.42 Å². The third-order valence-corrected chi connectivity index (χ3v) is 18.6. The van der Waals surface area contributed by atoms with Crippen LogP contribution >= 0.6 is 0 Å². The molecule has 0 spiro atoms. The summed E-state index contributed by atoms with van der Waals surface area (Å²) in [5.74, 6) is 3.26. The van der Waals surface area contributed by atoms with Gasteiger partial charge >= 0.3 is 0 Å². The SMILES string of the molecule is C1C2CC1C2.C1CC1.C1CCNC1.C1CCNCC1.C1CCOC1.C1CCOCC1.C1COC1.CC(C)N1CCCC1.CC(C)N1CCCC1.CN1CCCC1.CN1CCCCC1.NC1CC1.O=S1(=O)CCCC1.OC1CCCC1. The number of aliphatic hydroxyl groups excluding tert-OH is 1. The summed E-state index contributed by atoms with van der Waals surface area (Å²) >= 11 is 0. The summed E-state index contributed by atoms with van der Waals surface area (Å²) < 4.78 is 35.6. The molecule has 6 saturated carbocycles. The molecule has 80 heavy (non-hydrogen) atoms. The molecule has 16 rings (SSSR count). The summed E-state index contributed by atoms with van der Waals surface area (Å²) in [6, 6.07) is 2.13. The van der Waals surface area contributed by atoms with Crippen molar-refractivity contribution in [3.8, 4) is 0 Å². The summed E-state index contributed by atoms with van der Waals surface area (Å²) in [6.45, 7) is 30.7. The predicted molar refractivity (Wildman–Crippen MR) is 343 cm³/mol. The number of nitrogens with one attached hydrogen (secondary N) is 2. The Labute approximate surface area is 497 Å². The second-order valence-electron chi connectivity index (χ2n) is 25.9. The van der Waals surface area contributed by atoms with E-state index in [0.717, 1.165) is 77.4 Å². The third-order valence-electron chi connectivity index (χ3n) is 16.8. The predicted octanol–water partition coefficient (Wildman–Crippen LogP) is 12.1. The largest absolute Gasteiger partial charge is 0.393 e. The Kier molecular flexibility index (Phi) is 49.9. The van der Waals surface area contributed by atoms with Crippen molar-refractivity contribution in [1.29, 1.82) is 0 Å². The van der Waals surface area contributed by atoms with Gasteiger partial charge in [-0.2, -0.15) is 0 Å². The number of likely N-dealkylation sites (tertiary alicyclic amines) is 4. The number of hydrogen-bond acceptors (Lipinski definition) is 13. The highest BCUT2D eigenvalue weighted by Crippen LogP contribution is 2.52. The maximum absolute atomic E-state index is 10.4. The van der Waals surface area contributed by atoms with Crippen LogP contribution in [-0.2, 0) is 24.0 Å². The number of piperidine rings is 2. The minimum absolute atomic E-state index is 0.0463. The van der Waals surface area contributed by atoms with Gasteiger partial charge in [-0.3, -0.25) is 0 Å². The van der Waals surface area contributed by atoms with Crippen LogP contribution in [0.1, 0.15) is 246 Å². The molecule has 16 fully saturated rings. The smallest absolute Gasteiger partial charge is 0.150 e. The van der Waals surface area contributed by atoms with Gasteiger partial charge < -0.3 is 55.3 Å². The van der Waals surface area contributed by atoms with Gasteiger partial charge in [0.2, 0.25) is 0 Å². The lowest BCUT2D eigenvalue weighted by Gasteiger charge is -2.49. The number of ether oxygens (including phenoxy) is 3. The van der Waals surface area contributed by atoms with Crippen LogP contribution in [-0.4, -0.2) is 201 Å². The van der Waals surface area contributed by atoms with E-state index in [-0.39, 0.29) is 6.10 Å². The summed E-state index contributed by atoms with van der Waals surface area (Å²) in [6.07, 6.45) is 45.7. The van der Waals surface area contributed by atoms with E-state index in [1.54, 1.807) is 19.3 Å². The number of nitrogens with zero attached hydrogens (tertiary/aromatic N) is 4. The van der Waals surface area contributed by atoms with Crippen LogP contribution in [0, 0.1) is 11.8 Å². The number of sulfone groups is 1. The van der Waals surface area contributed by atoms with Crippen LogP contribution in [0.3, 0.4) is 0 Å². The molecule has 0 amide bonds. The van der Waals surface area contributed by atoms with Gasteiger partial charge in [-0.05, 0) is 306 Å². The first kappa shape index (κ1) is 75.6. The van der Waals surface area contributed by atoms with Gasteiger partial charge in [0.25, 0.3) is 0 Å². The Hall–Kier alpha value is -0.490. The molecule has 16 aliphatic rings. The lowest BCUT2D eigenvalue weighted by Crippen LogP contribution is -2.38. The quantitative estimate of drug-likeness (QED) is 0.208. The monoisotopic (exact) mass is 1160 g/mol. The van der Waals surface area contributed by atoms with Crippen LogP contribution in [0.4, 0.5) is 0 Å². The number of hydrogen-bond donors (Lipinski definition) is 4. The fourth-order valence-electron chi connectivity index (χ4n) is 10.2. The van der Waals surface area contributed by atoms with Crippen molar-refractivity contribution in [3.05, 3.63) is 0 Å². The van der Waals surface area contributed by atoms with E-state index < -0.39 is 9.84 Å². The van der Waals surface area contributed by atoms with Gasteiger partial charge in [0.1, 0.15) is 9.84 Å². The van der Waals surface area contributed by atoms with Crippen molar-refractivity contribution in [2.75, 3.05) is 144 Å². The zero-order chi connectivity index (χ0) is 58.0. The molecule has 0 aromatic heterocycles. The van der Waals surface area contributed by atoms with Gasteiger partial charge in [0.15, 0.2) is 0 Å². The summed E-state index contributed by atoms with van der Waals surface area (Å²) in [4.78, 5) is 9.81. The Morgan fingerprint density at radius 3 is 0.800 bits per heavy atom. The first-order valence-corrected chi connectivity index (χ1v) is 36.3. The minimum atomic E-state index is -2.55. The Morgan fingerprint density at radius 2 is 0.675 bits per heavy atom. The highest BCUT2D eigenvalue weighted by molar-refractivity contribution is 7.91. The molecule has 478 valence electrons. The Bertz CT molecular complexity index is 1250. The number of rotatable bonds is 2. The zero-order valence-electron chi connectivity index (χ0n) is 53.9. The minimum Gasteiger partial charge on any atom is -0.393 e. The van der Waals surface area contributed by atoms with E-state index in [1.807, 2.05) is 0 Å². The fraction of sp³-hybridized carbons (Fsp3) is 1.00. The molecule has 0 atom stereocenters. The average molecular weight is 1160 g/mol. The first-order chi connectivity index (χ1) is 38.8. The highest BCUT2D eigenvalue weighted by Gasteiger charge is 2.41. The molecule has 0 radical (unpaired) electrons. The fourth-order valence-corrected chi connectivity index (χ4v) is 11.7. The molecule has 5 N–H and O–H groups in total. The van der Waals surface area contributed by atoms with Gasteiger partial charge in [0, 0.05) is 57.8 Å². The third kappa shape index (κ3) is 50.8. The van der Waals surface area contributed by atoms with Crippen molar-refractivity contribution < 1.29 is 27.7 Å². The number of nitrogens with two attached hydrogens (primary N) is 1. The lowest BCUT2D eigenvalue weighted by molar-refractivity contribution is 0.0198. The second kappa shape index (κ2) is 52.8. The molecule has 10 heterocycles. The maximum atomic E-state index is 10.4. The topological polar surface area (TPSA) is 145 Å². The molecule has 2 bridgehead atoms. The van der Waals surface area contributed by atoms with Crippen LogP contribution < -0.4 is 16.4 Å². The van der Waals surface area contributed by atoms with Gasteiger partial charge in [-0.1, -0.05) is 44.9 Å².